The quantitative estimate of drug-likeness (QED) is 0.553. The second-order valence-electron chi connectivity index (χ2n) is 5.15. The fourth-order valence-electron chi connectivity index (χ4n) is 2.27. The zero-order valence-electron chi connectivity index (χ0n) is 14.4. The molecule has 1 aromatic carbocycles. The van der Waals surface area contributed by atoms with E-state index >= 15 is 0 Å². The zero-order valence-corrected chi connectivity index (χ0v) is 16.8. The SMILES string of the molecule is CCOC(=O)/C(C#N)=c1\s/c(=C\Nc2cccc(CBr)c2)c(=O)n1CC. The van der Waals surface area contributed by atoms with Crippen molar-refractivity contribution in [3.8, 4) is 6.07 Å². The van der Waals surface area contributed by atoms with Crippen LogP contribution >= 0.6 is 27.3 Å². The molecule has 0 atom stereocenters. The van der Waals surface area contributed by atoms with Crippen molar-refractivity contribution >= 4 is 50.7 Å². The van der Waals surface area contributed by atoms with Crippen LogP contribution in [0.15, 0.2) is 29.1 Å². The number of nitrogens with zero attached hydrogens (tertiary/aromatic N) is 2. The zero-order chi connectivity index (χ0) is 19.1. The van der Waals surface area contributed by atoms with Crippen LogP contribution in [0.25, 0.3) is 11.8 Å². The second kappa shape index (κ2) is 9.36. The Balaban J connectivity index is 2.55. The van der Waals surface area contributed by atoms with E-state index in [2.05, 4.69) is 21.2 Å². The minimum Gasteiger partial charge on any atom is -0.462 e. The molecule has 0 spiro atoms. The van der Waals surface area contributed by atoms with E-state index in [4.69, 9.17) is 4.74 Å². The number of nitriles is 1. The predicted molar refractivity (Wildman–Crippen MR) is 106 cm³/mol. The number of ether oxygens (including phenoxy) is 1. The number of anilines is 1. The highest BCUT2D eigenvalue weighted by atomic mass is 79.9. The second-order valence-corrected chi connectivity index (χ2v) is 6.74. The monoisotopic (exact) mass is 435 g/mol. The number of carbonyl (C=O) groups is 1. The Morgan fingerprint density at radius 1 is 1.46 bits per heavy atom. The third kappa shape index (κ3) is 4.42. The van der Waals surface area contributed by atoms with Gasteiger partial charge in [-0.1, -0.05) is 28.1 Å². The molecule has 0 aliphatic heterocycles. The van der Waals surface area contributed by atoms with E-state index in [1.807, 2.05) is 30.3 Å². The standard InChI is InChI=1S/C18H18BrN3O3S/c1-3-22-16(23)15(11-21-13-7-5-6-12(8-13)9-19)26-17(22)14(10-20)18(24)25-4-2/h5-8,11,21H,3-4,9H2,1-2H3/b15-11-,17-14-. The lowest BCUT2D eigenvalue weighted by molar-refractivity contribution is -0.136. The van der Waals surface area contributed by atoms with E-state index in [-0.39, 0.29) is 17.7 Å². The fourth-order valence-corrected chi connectivity index (χ4v) is 3.70. The molecule has 2 aromatic rings. The van der Waals surface area contributed by atoms with Gasteiger partial charge in [0.25, 0.3) is 5.56 Å². The van der Waals surface area contributed by atoms with E-state index in [9.17, 15) is 14.9 Å². The molecule has 6 nitrogen and oxygen atoms in total. The fraction of sp³-hybridized carbons (Fsp3) is 0.278. The number of rotatable bonds is 6. The van der Waals surface area contributed by atoms with Gasteiger partial charge in [0.1, 0.15) is 15.3 Å². The molecule has 1 heterocycles. The Bertz CT molecular complexity index is 1020. The van der Waals surface area contributed by atoms with Crippen LogP contribution in [-0.4, -0.2) is 17.1 Å². The van der Waals surface area contributed by atoms with Crippen LogP contribution in [0.1, 0.15) is 19.4 Å². The summed E-state index contributed by atoms with van der Waals surface area (Å²) < 4.78 is 7.03. The van der Waals surface area contributed by atoms with E-state index in [0.717, 1.165) is 27.9 Å². The number of benzene rings is 1. The van der Waals surface area contributed by atoms with Gasteiger partial charge in [-0.2, -0.15) is 5.26 Å². The number of hydrogen-bond acceptors (Lipinski definition) is 6. The van der Waals surface area contributed by atoms with Gasteiger partial charge in [-0.3, -0.25) is 9.36 Å². The summed E-state index contributed by atoms with van der Waals surface area (Å²) in [6, 6.07) is 9.61. The lowest BCUT2D eigenvalue weighted by Crippen LogP contribution is -2.32. The maximum absolute atomic E-state index is 12.6. The van der Waals surface area contributed by atoms with Gasteiger partial charge in [0, 0.05) is 23.8 Å². The molecule has 8 heteroatoms. The summed E-state index contributed by atoms with van der Waals surface area (Å²) in [4.78, 5) is 24.6. The molecule has 0 radical (unpaired) electrons. The first-order chi connectivity index (χ1) is 12.5. The normalized spacial score (nSPS) is 12.5. The summed E-state index contributed by atoms with van der Waals surface area (Å²) in [6.45, 7) is 3.96. The van der Waals surface area contributed by atoms with Gasteiger partial charge in [0.05, 0.1) is 6.61 Å². The molecular formula is C18H18BrN3O3S. The molecule has 0 bridgehead atoms. The third-order valence-corrected chi connectivity index (χ3v) is 5.26. The van der Waals surface area contributed by atoms with Gasteiger partial charge >= 0.3 is 5.97 Å². The number of esters is 1. The summed E-state index contributed by atoms with van der Waals surface area (Å²) in [7, 11) is 0. The van der Waals surface area contributed by atoms with Crippen molar-refractivity contribution in [3.05, 3.63) is 49.4 Å². The summed E-state index contributed by atoms with van der Waals surface area (Å²) in [5.41, 5.74) is 1.53. The van der Waals surface area contributed by atoms with Crippen LogP contribution in [0, 0.1) is 11.3 Å². The van der Waals surface area contributed by atoms with Crippen LogP contribution in [0.4, 0.5) is 5.69 Å². The van der Waals surface area contributed by atoms with Crippen LogP contribution in [0.5, 0.6) is 0 Å². The summed E-state index contributed by atoms with van der Waals surface area (Å²) in [6.07, 6.45) is 1.59. The number of hydrogen-bond donors (Lipinski definition) is 1. The number of carbonyl (C=O) groups excluding carboxylic acids is 1. The smallest absolute Gasteiger partial charge is 0.351 e. The lowest BCUT2D eigenvalue weighted by atomic mass is 10.2. The van der Waals surface area contributed by atoms with E-state index in [1.165, 1.54) is 4.57 Å². The topological polar surface area (TPSA) is 84.1 Å². The number of halogens is 1. The van der Waals surface area contributed by atoms with Crippen molar-refractivity contribution in [2.75, 3.05) is 11.9 Å². The highest BCUT2D eigenvalue weighted by Crippen LogP contribution is 2.12. The maximum Gasteiger partial charge on any atom is 0.351 e. The van der Waals surface area contributed by atoms with Crippen molar-refractivity contribution in [1.29, 1.82) is 5.26 Å². The van der Waals surface area contributed by atoms with Crippen LogP contribution in [0.3, 0.4) is 0 Å². The average molecular weight is 436 g/mol. The van der Waals surface area contributed by atoms with Gasteiger partial charge in [-0.05, 0) is 31.5 Å². The molecule has 136 valence electrons. The van der Waals surface area contributed by atoms with E-state index in [0.29, 0.717) is 15.7 Å². The van der Waals surface area contributed by atoms with Crippen LogP contribution < -0.4 is 20.1 Å². The molecule has 0 saturated carbocycles. The highest BCUT2D eigenvalue weighted by Gasteiger charge is 2.16. The molecule has 1 aromatic heterocycles. The van der Waals surface area contributed by atoms with Gasteiger partial charge in [-0.15, -0.1) is 11.3 Å². The number of aromatic nitrogens is 1. The van der Waals surface area contributed by atoms with E-state index < -0.39 is 5.97 Å². The molecule has 0 saturated heterocycles. The molecule has 26 heavy (non-hydrogen) atoms. The van der Waals surface area contributed by atoms with Gasteiger partial charge < -0.3 is 10.1 Å². The number of nitrogens with one attached hydrogen (secondary N) is 1. The first-order valence-corrected chi connectivity index (χ1v) is 9.92. The van der Waals surface area contributed by atoms with Gasteiger partial charge in [0.15, 0.2) is 5.57 Å². The molecular weight excluding hydrogens is 418 g/mol. The molecule has 0 unspecified atom stereocenters. The largest absolute Gasteiger partial charge is 0.462 e. The van der Waals surface area contributed by atoms with Gasteiger partial charge in [0.2, 0.25) is 0 Å². The molecule has 0 aliphatic carbocycles. The van der Waals surface area contributed by atoms with E-state index in [1.54, 1.807) is 20.0 Å². The first-order valence-electron chi connectivity index (χ1n) is 7.98. The minimum atomic E-state index is -0.719. The Hall–Kier alpha value is -2.37. The number of alkyl halides is 1. The lowest BCUT2D eigenvalue weighted by Gasteiger charge is -2.01. The summed E-state index contributed by atoms with van der Waals surface area (Å²) in [5.74, 6) is -0.719. The van der Waals surface area contributed by atoms with Crippen molar-refractivity contribution in [1.82, 2.24) is 4.57 Å². The Morgan fingerprint density at radius 3 is 2.85 bits per heavy atom. The van der Waals surface area contributed by atoms with Crippen molar-refractivity contribution in [3.63, 3.8) is 0 Å². The molecule has 2 rings (SSSR count). The third-order valence-electron chi connectivity index (χ3n) is 3.48. The molecule has 0 amide bonds. The Kier molecular flexibility index (Phi) is 7.18. The van der Waals surface area contributed by atoms with Crippen molar-refractivity contribution < 1.29 is 9.53 Å². The van der Waals surface area contributed by atoms with Crippen molar-refractivity contribution in [2.45, 2.75) is 25.7 Å². The molecule has 1 N–H and O–H groups in total. The maximum atomic E-state index is 12.6. The van der Waals surface area contributed by atoms with Gasteiger partial charge in [-0.25, -0.2) is 4.79 Å². The molecule has 0 aliphatic rings. The van der Waals surface area contributed by atoms with Crippen LogP contribution in [-0.2, 0) is 21.4 Å². The number of thiazole rings is 1. The van der Waals surface area contributed by atoms with Crippen molar-refractivity contribution in [2.24, 2.45) is 0 Å². The molecule has 0 fully saturated rings. The van der Waals surface area contributed by atoms with Crippen LogP contribution in [0.2, 0.25) is 0 Å². The Labute approximate surface area is 163 Å². The minimum absolute atomic E-state index is 0.156. The predicted octanol–water partition coefficient (Wildman–Crippen LogP) is 1.91. The Morgan fingerprint density at radius 2 is 2.23 bits per heavy atom. The summed E-state index contributed by atoms with van der Waals surface area (Å²) in [5, 5.41) is 13.2. The highest BCUT2D eigenvalue weighted by molar-refractivity contribution is 9.08. The first kappa shape index (κ1) is 19.9. The average Bonchev–Trinajstić information content (AvgIpc) is 2.96. The summed E-state index contributed by atoms with van der Waals surface area (Å²) >= 11 is 4.49.